The molecule has 2 nitrogen and oxygen atoms in total. The first-order chi connectivity index (χ1) is 6.75. The lowest BCUT2D eigenvalue weighted by Crippen LogP contribution is -2.31. The highest BCUT2D eigenvalue weighted by Crippen LogP contribution is 2.25. The predicted molar refractivity (Wildman–Crippen MR) is 61.4 cm³/mol. The van der Waals surface area contributed by atoms with Crippen LogP contribution in [0.15, 0.2) is 22.8 Å². The van der Waals surface area contributed by atoms with Crippen LogP contribution in [0, 0.1) is 0 Å². The predicted octanol–water partition coefficient (Wildman–Crippen LogP) is 2.65. The van der Waals surface area contributed by atoms with Crippen LogP contribution < -0.4 is 0 Å². The van der Waals surface area contributed by atoms with Gasteiger partial charge in [0.25, 0.3) is 0 Å². The van der Waals surface area contributed by atoms with Gasteiger partial charge in [0.15, 0.2) is 0 Å². The Labute approximate surface area is 93.5 Å². The van der Waals surface area contributed by atoms with Gasteiger partial charge in [0.2, 0.25) is 0 Å². The van der Waals surface area contributed by atoms with Gasteiger partial charge in [-0.25, -0.2) is 0 Å². The van der Waals surface area contributed by atoms with E-state index in [1.807, 2.05) is 6.20 Å². The van der Waals surface area contributed by atoms with E-state index >= 15 is 0 Å². The van der Waals surface area contributed by atoms with Gasteiger partial charge < -0.3 is 4.90 Å². The molecule has 14 heavy (non-hydrogen) atoms. The molecule has 0 saturated carbocycles. The number of rotatable bonds is 1. The third kappa shape index (κ3) is 2.34. The largest absolute Gasteiger partial charge is 0.306 e. The Kier molecular flexibility index (Phi) is 3.19. The van der Waals surface area contributed by atoms with Crippen LogP contribution in [0.3, 0.4) is 0 Å². The molecule has 1 saturated heterocycles. The molecule has 2 heterocycles. The molecule has 76 valence electrons. The summed E-state index contributed by atoms with van der Waals surface area (Å²) < 4.78 is 1.06. The molecule has 0 unspecified atom stereocenters. The van der Waals surface area contributed by atoms with Gasteiger partial charge in [-0.05, 0) is 54.5 Å². The normalized spacial score (nSPS) is 23.7. The molecule has 1 aromatic rings. The number of likely N-dealkylation sites (tertiary alicyclic amines) is 1. The van der Waals surface area contributed by atoms with E-state index in [2.05, 4.69) is 45.0 Å². The van der Waals surface area contributed by atoms with Crippen molar-refractivity contribution < 1.29 is 0 Å². The van der Waals surface area contributed by atoms with Gasteiger partial charge in [0.1, 0.15) is 0 Å². The monoisotopic (exact) mass is 254 g/mol. The SMILES string of the molecule is CN1CCC[C@H](c2ccc(Br)cn2)C1. The molecular formula is C11H15BrN2. The first-order valence-corrected chi connectivity index (χ1v) is 5.85. The average Bonchev–Trinajstić information content (AvgIpc) is 2.19. The van der Waals surface area contributed by atoms with E-state index in [4.69, 9.17) is 0 Å². The molecule has 1 aliphatic heterocycles. The van der Waals surface area contributed by atoms with Crippen LogP contribution in [0.4, 0.5) is 0 Å². The molecule has 0 aliphatic carbocycles. The highest BCUT2D eigenvalue weighted by atomic mass is 79.9. The Morgan fingerprint density at radius 3 is 3.00 bits per heavy atom. The Bertz CT molecular complexity index is 297. The van der Waals surface area contributed by atoms with Crippen molar-refractivity contribution in [1.29, 1.82) is 0 Å². The van der Waals surface area contributed by atoms with Crippen LogP contribution in [0.25, 0.3) is 0 Å². The fourth-order valence-electron chi connectivity index (χ4n) is 2.04. The zero-order valence-corrected chi connectivity index (χ0v) is 10.00. The van der Waals surface area contributed by atoms with E-state index in [1.54, 1.807) is 0 Å². The third-order valence-electron chi connectivity index (χ3n) is 2.79. The van der Waals surface area contributed by atoms with Gasteiger partial charge in [-0.3, -0.25) is 4.98 Å². The van der Waals surface area contributed by atoms with Crippen LogP contribution >= 0.6 is 15.9 Å². The van der Waals surface area contributed by atoms with Gasteiger partial charge in [-0.15, -0.1) is 0 Å². The molecule has 0 amide bonds. The summed E-state index contributed by atoms with van der Waals surface area (Å²) in [5, 5.41) is 0. The van der Waals surface area contributed by atoms with Crippen LogP contribution in [0.1, 0.15) is 24.5 Å². The van der Waals surface area contributed by atoms with E-state index in [1.165, 1.54) is 25.1 Å². The van der Waals surface area contributed by atoms with Crippen molar-refractivity contribution >= 4 is 15.9 Å². The molecule has 0 bridgehead atoms. The highest BCUT2D eigenvalue weighted by Gasteiger charge is 2.19. The maximum absolute atomic E-state index is 4.46. The second-order valence-electron chi connectivity index (χ2n) is 4.00. The summed E-state index contributed by atoms with van der Waals surface area (Å²) in [7, 11) is 2.19. The number of piperidine rings is 1. The molecule has 2 rings (SSSR count). The second-order valence-corrected chi connectivity index (χ2v) is 4.92. The molecule has 1 aliphatic rings. The fraction of sp³-hybridized carbons (Fsp3) is 0.545. The summed E-state index contributed by atoms with van der Waals surface area (Å²) in [6.07, 6.45) is 4.46. The molecule has 3 heteroatoms. The summed E-state index contributed by atoms with van der Waals surface area (Å²) in [5.41, 5.74) is 1.24. The Hall–Kier alpha value is -0.410. The minimum Gasteiger partial charge on any atom is -0.306 e. The van der Waals surface area contributed by atoms with E-state index in [0.717, 1.165) is 11.0 Å². The van der Waals surface area contributed by atoms with Gasteiger partial charge in [-0.2, -0.15) is 0 Å². The topological polar surface area (TPSA) is 16.1 Å². The first-order valence-electron chi connectivity index (χ1n) is 5.05. The van der Waals surface area contributed by atoms with Gasteiger partial charge in [0, 0.05) is 28.8 Å². The first kappa shape index (κ1) is 10.1. The second kappa shape index (κ2) is 4.41. The number of aromatic nitrogens is 1. The Morgan fingerprint density at radius 2 is 2.36 bits per heavy atom. The summed E-state index contributed by atoms with van der Waals surface area (Å²) in [6, 6.07) is 4.21. The lowest BCUT2D eigenvalue weighted by Gasteiger charge is -2.29. The Morgan fingerprint density at radius 1 is 1.50 bits per heavy atom. The van der Waals surface area contributed by atoms with Gasteiger partial charge in [-0.1, -0.05) is 0 Å². The number of nitrogens with zero attached hydrogens (tertiary/aromatic N) is 2. The zero-order chi connectivity index (χ0) is 9.97. The summed E-state index contributed by atoms with van der Waals surface area (Å²) >= 11 is 3.41. The fourth-order valence-corrected chi connectivity index (χ4v) is 2.27. The van der Waals surface area contributed by atoms with Crippen LogP contribution in [0.5, 0.6) is 0 Å². The number of likely N-dealkylation sites (N-methyl/N-ethyl adjacent to an activating group) is 1. The molecule has 1 aromatic heterocycles. The van der Waals surface area contributed by atoms with Crippen molar-refractivity contribution in [2.24, 2.45) is 0 Å². The number of hydrogen-bond donors (Lipinski definition) is 0. The van der Waals surface area contributed by atoms with E-state index in [0.29, 0.717) is 5.92 Å². The van der Waals surface area contributed by atoms with E-state index < -0.39 is 0 Å². The van der Waals surface area contributed by atoms with Crippen molar-refractivity contribution in [2.45, 2.75) is 18.8 Å². The lowest BCUT2D eigenvalue weighted by atomic mass is 9.95. The number of halogens is 1. The van der Waals surface area contributed by atoms with E-state index in [-0.39, 0.29) is 0 Å². The molecule has 0 aromatic carbocycles. The quantitative estimate of drug-likeness (QED) is 0.766. The third-order valence-corrected chi connectivity index (χ3v) is 3.26. The van der Waals surface area contributed by atoms with Crippen LogP contribution in [-0.4, -0.2) is 30.0 Å². The van der Waals surface area contributed by atoms with Crippen molar-refractivity contribution in [2.75, 3.05) is 20.1 Å². The van der Waals surface area contributed by atoms with Crippen molar-refractivity contribution in [3.63, 3.8) is 0 Å². The number of pyridine rings is 1. The summed E-state index contributed by atoms with van der Waals surface area (Å²) in [6.45, 7) is 2.38. The zero-order valence-electron chi connectivity index (χ0n) is 8.41. The van der Waals surface area contributed by atoms with Gasteiger partial charge in [0.05, 0.1) is 0 Å². The maximum Gasteiger partial charge on any atom is 0.0448 e. The molecule has 1 atom stereocenters. The smallest absolute Gasteiger partial charge is 0.0448 e. The van der Waals surface area contributed by atoms with Gasteiger partial charge >= 0.3 is 0 Å². The minimum atomic E-state index is 0.627. The Balaban J connectivity index is 2.10. The molecular weight excluding hydrogens is 240 g/mol. The summed E-state index contributed by atoms with van der Waals surface area (Å²) in [4.78, 5) is 6.85. The van der Waals surface area contributed by atoms with Crippen molar-refractivity contribution in [1.82, 2.24) is 9.88 Å². The highest BCUT2D eigenvalue weighted by molar-refractivity contribution is 9.10. The molecule has 1 fully saturated rings. The van der Waals surface area contributed by atoms with Crippen LogP contribution in [0.2, 0.25) is 0 Å². The van der Waals surface area contributed by atoms with Crippen molar-refractivity contribution in [3.8, 4) is 0 Å². The molecule has 0 radical (unpaired) electrons. The van der Waals surface area contributed by atoms with Crippen LogP contribution in [-0.2, 0) is 0 Å². The molecule has 0 N–H and O–H groups in total. The van der Waals surface area contributed by atoms with E-state index in [9.17, 15) is 0 Å². The molecule has 0 spiro atoms. The standard InChI is InChI=1S/C11H15BrN2/c1-14-6-2-3-9(8-14)11-5-4-10(12)7-13-11/h4-5,7,9H,2-3,6,8H2,1H3/t9-/m0/s1. The average molecular weight is 255 g/mol. The summed E-state index contributed by atoms with van der Waals surface area (Å²) in [5.74, 6) is 0.627. The lowest BCUT2D eigenvalue weighted by molar-refractivity contribution is 0.248. The maximum atomic E-state index is 4.46. The van der Waals surface area contributed by atoms with Crippen molar-refractivity contribution in [3.05, 3.63) is 28.5 Å². The minimum absolute atomic E-state index is 0.627. The number of hydrogen-bond acceptors (Lipinski definition) is 2.